The monoisotopic (exact) mass is 255 g/mol. The summed E-state index contributed by atoms with van der Waals surface area (Å²) < 4.78 is 5.23. The van der Waals surface area contributed by atoms with Crippen LogP contribution in [0.2, 0.25) is 0 Å². The van der Waals surface area contributed by atoms with Gasteiger partial charge < -0.3 is 15.2 Å². The van der Waals surface area contributed by atoms with Crippen molar-refractivity contribution < 1.29 is 14.6 Å². The molecule has 2 aliphatic rings. The Morgan fingerprint density at radius 1 is 1.33 bits per heavy atom. The van der Waals surface area contributed by atoms with Crippen molar-refractivity contribution in [2.75, 3.05) is 0 Å². The van der Waals surface area contributed by atoms with Crippen LogP contribution in [0, 0.1) is 5.41 Å². The fourth-order valence-corrected chi connectivity index (χ4v) is 3.26. The van der Waals surface area contributed by atoms with E-state index in [1.165, 1.54) is 6.42 Å². The number of carbonyl (C=O) groups is 1. The van der Waals surface area contributed by atoms with E-state index in [-0.39, 0.29) is 23.7 Å². The number of rotatable bonds is 1. The van der Waals surface area contributed by atoms with Crippen molar-refractivity contribution in [2.24, 2.45) is 5.41 Å². The third kappa shape index (κ3) is 2.97. The number of aliphatic hydroxyl groups is 1. The van der Waals surface area contributed by atoms with Gasteiger partial charge in [0.2, 0.25) is 0 Å². The number of hydrogen-bond acceptors (Lipinski definition) is 3. The molecule has 2 aliphatic carbocycles. The lowest BCUT2D eigenvalue weighted by Gasteiger charge is -2.53. The molecule has 2 rings (SSSR count). The molecule has 0 heterocycles. The molecule has 0 radical (unpaired) electrons. The van der Waals surface area contributed by atoms with Crippen molar-refractivity contribution in [3.05, 3.63) is 0 Å². The van der Waals surface area contributed by atoms with Crippen LogP contribution in [-0.2, 0) is 4.74 Å². The van der Waals surface area contributed by atoms with Gasteiger partial charge in [-0.05, 0) is 46.5 Å². The summed E-state index contributed by atoms with van der Waals surface area (Å²) in [7, 11) is 0. The van der Waals surface area contributed by atoms with Gasteiger partial charge in [-0.1, -0.05) is 12.8 Å². The van der Waals surface area contributed by atoms with Gasteiger partial charge in [0.1, 0.15) is 5.60 Å². The molecule has 0 aromatic heterocycles. The zero-order valence-corrected chi connectivity index (χ0v) is 11.7. The highest BCUT2D eigenvalue weighted by molar-refractivity contribution is 5.68. The summed E-state index contributed by atoms with van der Waals surface area (Å²) in [5.41, 5.74) is -0.367. The van der Waals surface area contributed by atoms with Gasteiger partial charge in [-0.2, -0.15) is 0 Å². The van der Waals surface area contributed by atoms with Crippen LogP contribution >= 0.6 is 0 Å². The lowest BCUT2D eigenvalue weighted by Crippen LogP contribution is -2.57. The van der Waals surface area contributed by atoms with Gasteiger partial charge in [-0.25, -0.2) is 4.79 Å². The maximum atomic E-state index is 11.6. The Labute approximate surface area is 109 Å². The summed E-state index contributed by atoms with van der Waals surface area (Å²) in [4.78, 5) is 11.6. The fourth-order valence-electron chi connectivity index (χ4n) is 3.26. The van der Waals surface area contributed by atoms with Gasteiger partial charge in [0.25, 0.3) is 0 Å². The molecule has 1 unspecified atom stereocenters. The smallest absolute Gasteiger partial charge is 0.407 e. The second kappa shape index (κ2) is 4.72. The van der Waals surface area contributed by atoms with E-state index in [0.717, 1.165) is 32.1 Å². The molecule has 1 spiro atoms. The molecular weight excluding hydrogens is 230 g/mol. The van der Waals surface area contributed by atoms with Crippen LogP contribution in [0.15, 0.2) is 0 Å². The normalized spacial score (nSPS) is 36.0. The van der Waals surface area contributed by atoms with Gasteiger partial charge >= 0.3 is 6.09 Å². The van der Waals surface area contributed by atoms with Crippen molar-refractivity contribution in [3.63, 3.8) is 0 Å². The quantitative estimate of drug-likeness (QED) is 0.757. The van der Waals surface area contributed by atoms with Gasteiger partial charge in [-0.15, -0.1) is 0 Å². The Kier molecular flexibility index (Phi) is 3.58. The third-order valence-corrected chi connectivity index (χ3v) is 4.14. The summed E-state index contributed by atoms with van der Waals surface area (Å²) in [6.07, 6.45) is 5.62. The molecule has 18 heavy (non-hydrogen) atoms. The Bertz CT molecular complexity index is 315. The van der Waals surface area contributed by atoms with Gasteiger partial charge in [0, 0.05) is 11.5 Å². The highest BCUT2D eigenvalue weighted by atomic mass is 16.6. The number of hydrogen-bond donors (Lipinski definition) is 2. The topological polar surface area (TPSA) is 58.6 Å². The van der Waals surface area contributed by atoms with Crippen LogP contribution in [0.1, 0.15) is 59.3 Å². The number of ether oxygens (including phenoxy) is 1. The predicted molar refractivity (Wildman–Crippen MR) is 69.3 cm³/mol. The molecule has 0 aromatic carbocycles. The van der Waals surface area contributed by atoms with Crippen LogP contribution < -0.4 is 5.32 Å². The zero-order chi connectivity index (χ0) is 13.4. The van der Waals surface area contributed by atoms with Crippen molar-refractivity contribution in [2.45, 2.75) is 77.0 Å². The Hall–Kier alpha value is -0.770. The maximum Gasteiger partial charge on any atom is 0.407 e. The largest absolute Gasteiger partial charge is 0.444 e. The molecule has 104 valence electrons. The van der Waals surface area contributed by atoms with E-state index in [4.69, 9.17) is 4.74 Å². The zero-order valence-electron chi connectivity index (χ0n) is 11.7. The second-order valence-electron chi connectivity index (χ2n) is 6.88. The molecular formula is C14H25NO3. The average molecular weight is 255 g/mol. The molecule has 2 N–H and O–H groups in total. The first-order valence-corrected chi connectivity index (χ1v) is 6.98. The van der Waals surface area contributed by atoms with Crippen LogP contribution in [0.4, 0.5) is 4.79 Å². The lowest BCUT2D eigenvalue weighted by atomic mass is 9.57. The van der Waals surface area contributed by atoms with Crippen LogP contribution in [0.3, 0.4) is 0 Å². The molecule has 0 saturated heterocycles. The molecule has 1 amide bonds. The Balaban J connectivity index is 1.77. The maximum absolute atomic E-state index is 11.6. The summed E-state index contributed by atoms with van der Waals surface area (Å²) >= 11 is 0. The minimum Gasteiger partial charge on any atom is -0.444 e. The molecule has 0 aromatic rings. The van der Waals surface area contributed by atoms with Gasteiger partial charge in [-0.3, -0.25) is 0 Å². The van der Waals surface area contributed by atoms with Crippen LogP contribution in [0.5, 0.6) is 0 Å². The van der Waals surface area contributed by atoms with Crippen LogP contribution in [0.25, 0.3) is 0 Å². The Morgan fingerprint density at radius 2 is 2.00 bits per heavy atom. The van der Waals surface area contributed by atoms with E-state index in [2.05, 4.69) is 5.32 Å². The average Bonchev–Trinajstić information content (AvgIpc) is 2.16. The number of amides is 1. The fraction of sp³-hybridized carbons (Fsp3) is 0.929. The SMILES string of the molecule is CC(C)(C)OC(=O)NC1CC2(CCCCC2O)C1. The summed E-state index contributed by atoms with van der Waals surface area (Å²) in [6.45, 7) is 5.58. The summed E-state index contributed by atoms with van der Waals surface area (Å²) in [5, 5.41) is 13.0. The summed E-state index contributed by atoms with van der Waals surface area (Å²) in [5.74, 6) is 0. The minimum absolute atomic E-state index is 0.0813. The first kappa shape index (κ1) is 13.7. The molecule has 4 heteroatoms. The number of alkyl carbamates (subject to hydrolysis) is 1. The molecule has 1 atom stereocenters. The van der Waals surface area contributed by atoms with Gasteiger partial charge in [0.15, 0.2) is 0 Å². The van der Waals surface area contributed by atoms with E-state index < -0.39 is 5.60 Å². The van der Waals surface area contributed by atoms with E-state index in [1.54, 1.807) is 0 Å². The van der Waals surface area contributed by atoms with E-state index >= 15 is 0 Å². The van der Waals surface area contributed by atoms with Crippen LogP contribution in [-0.4, -0.2) is 28.9 Å². The molecule has 0 bridgehead atoms. The molecule has 2 saturated carbocycles. The lowest BCUT2D eigenvalue weighted by molar-refractivity contribution is -0.0824. The van der Waals surface area contributed by atoms with Crippen molar-refractivity contribution in [1.82, 2.24) is 5.32 Å². The van der Waals surface area contributed by atoms with Crippen molar-refractivity contribution >= 4 is 6.09 Å². The van der Waals surface area contributed by atoms with Gasteiger partial charge in [0.05, 0.1) is 6.10 Å². The highest BCUT2D eigenvalue weighted by Gasteiger charge is 2.50. The van der Waals surface area contributed by atoms with E-state index in [1.807, 2.05) is 20.8 Å². The van der Waals surface area contributed by atoms with Crippen molar-refractivity contribution in [1.29, 1.82) is 0 Å². The second-order valence-corrected chi connectivity index (χ2v) is 6.88. The predicted octanol–water partition coefficient (Wildman–Crippen LogP) is 2.59. The number of carbonyl (C=O) groups excluding carboxylic acids is 1. The molecule has 4 nitrogen and oxygen atoms in total. The Morgan fingerprint density at radius 3 is 2.56 bits per heavy atom. The number of nitrogens with one attached hydrogen (secondary N) is 1. The third-order valence-electron chi connectivity index (χ3n) is 4.14. The standard InChI is InChI=1S/C14H25NO3/c1-13(2,3)18-12(17)15-10-8-14(9-10)7-5-4-6-11(14)16/h10-11,16H,4-9H2,1-3H3,(H,15,17). The van der Waals surface area contributed by atoms with E-state index in [0.29, 0.717) is 0 Å². The van der Waals surface area contributed by atoms with Crippen molar-refractivity contribution in [3.8, 4) is 0 Å². The minimum atomic E-state index is -0.449. The molecule has 0 aliphatic heterocycles. The highest BCUT2D eigenvalue weighted by Crippen LogP contribution is 2.51. The number of aliphatic hydroxyl groups excluding tert-OH is 1. The first-order valence-electron chi connectivity index (χ1n) is 6.98. The first-order chi connectivity index (χ1) is 8.31. The molecule has 2 fully saturated rings. The summed E-state index contributed by atoms with van der Waals surface area (Å²) in [6, 6.07) is 0.174. The van der Waals surface area contributed by atoms with E-state index in [9.17, 15) is 9.90 Å².